The third-order valence-electron chi connectivity index (χ3n) is 4.71. The van der Waals surface area contributed by atoms with E-state index in [1.165, 1.54) is 0 Å². The van der Waals surface area contributed by atoms with Crippen LogP contribution in [0.1, 0.15) is 64.7 Å². The van der Waals surface area contributed by atoms with Crippen LogP contribution in [-0.2, 0) is 9.59 Å². The van der Waals surface area contributed by atoms with E-state index in [-0.39, 0.29) is 29.3 Å². The Labute approximate surface area is 156 Å². The van der Waals surface area contributed by atoms with E-state index in [0.29, 0.717) is 25.7 Å². The zero-order valence-electron chi connectivity index (χ0n) is 15.1. The fourth-order valence-electron chi connectivity index (χ4n) is 3.22. The number of Topliss-reactive ketones (excluding diaryl/α,β-unsaturated/α-hetero) is 1. The predicted molar refractivity (Wildman–Crippen MR) is 104 cm³/mol. The van der Waals surface area contributed by atoms with Crippen LogP contribution in [0.4, 0.5) is 0 Å². The van der Waals surface area contributed by atoms with Gasteiger partial charge in [0.2, 0.25) is 0 Å². The minimum atomic E-state index is -0.778. The lowest BCUT2D eigenvalue weighted by Gasteiger charge is -2.17. The van der Waals surface area contributed by atoms with Crippen LogP contribution in [0.3, 0.4) is 0 Å². The third-order valence-corrected chi connectivity index (χ3v) is 5.24. The van der Waals surface area contributed by atoms with Crippen molar-refractivity contribution in [1.82, 2.24) is 0 Å². The summed E-state index contributed by atoms with van der Waals surface area (Å²) >= 11 is 4.55. The predicted octanol–water partition coefficient (Wildman–Crippen LogP) is 4.19. The average Bonchev–Trinajstić information content (AvgIpc) is 2.82. The zero-order valence-corrected chi connectivity index (χ0v) is 16.0. The molecule has 5 heteroatoms. The van der Waals surface area contributed by atoms with Crippen molar-refractivity contribution < 1.29 is 19.8 Å². The largest absolute Gasteiger partial charge is 0.481 e. The smallest absolute Gasteiger partial charge is 0.303 e. The van der Waals surface area contributed by atoms with Crippen molar-refractivity contribution in [3.8, 4) is 0 Å². The van der Waals surface area contributed by atoms with Crippen LogP contribution in [0.25, 0.3) is 0 Å². The maximum atomic E-state index is 12.2. The molecule has 0 aromatic carbocycles. The van der Waals surface area contributed by atoms with E-state index >= 15 is 0 Å². The first-order chi connectivity index (χ1) is 12.0. The molecule has 0 bridgehead atoms. The quantitative estimate of drug-likeness (QED) is 0.274. The molecule has 0 spiro atoms. The van der Waals surface area contributed by atoms with Crippen molar-refractivity contribution in [3.63, 3.8) is 0 Å². The lowest BCUT2D eigenvalue weighted by molar-refractivity contribution is -0.137. The Kier molecular flexibility index (Phi) is 10.8. The van der Waals surface area contributed by atoms with Gasteiger partial charge in [0.05, 0.1) is 6.10 Å². The standard InChI is InChI=1S/C20H32O4S/c1-2-3-6-9-15(21)12-13-17-16(18(22)14-19(17)25)10-7-4-5-8-11-20(23)24/h4,7,12-13,15-17,19,21,25H,2-3,5-6,8-11,14H2,1H3,(H,23,24)/b7-4-,13-12+/t15-,16+,17+,19+/m0/s1. The summed E-state index contributed by atoms with van der Waals surface area (Å²) in [5.41, 5.74) is 0. The molecule has 0 saturated heterocycles. The molecule has 1 aliphatic carbocycles. The number of hydrogen-bond acceptors (Lipinski definition) is 4. The van der Waals surface area contributed by atoms with Crippen molar-refractivity contribution in [2.75, 3.05) is 0 Å². The molecule has 4 atom stereocenters. The Bertz CT molecular complexity index is 472. The van der Waals surface area contributed by atoms with Crippen molar-refractivity contribution in [3.05, 3.63) is 24.3 Å². The van der Waals surface area contributed by atoms with E-state index in [1.54, 1.807) is 0 Å². The fraction of sp³-hybridized carbons (Fsp3) is 0.700. The molecular weight excluding hydrogens is 336 g/mol. The molecule has 1 aliphatic rings. The monoisotopic (exact) mass is 368 g/mol. The first kappa shape index (κ1) is 22.0. The molecule has 4 nitrogen and oxygen atoms in total. The molecular formula is C20H32O4S. The van der Waals surface area contributed by atoms with Gasteiger partial charge in [0.1, 0.15) is 5.78 Å². The maximum absolute atomic E-state index is 12.2. The van der Waals surface area contributed by atoms with Crippen LogP contribution < -0.4 is 0 Å². The summed E-state index contributed by atoms with van der Waals surface area (Å²) in [6.45, 7) is 2.14. The number of aliphatic hydroxyl groups excluding tert-OH is 1. The molecule has 0 aromatic rings. The van der Waals surface area contributed by atoms with Gasteiger partial charge in [-0.3, -0.25) is 9.59 Å². The molecule has 1 rings (SSSR count). The van der Waals surface area contributed by atoms with Gasteiger partial charge in [-0.1, -0.05) is 50.5 Å². The number of aliphatic hydroxyl groups is 1. The van der Waals surface area contributed by atoms with Crippen LogP contribution >= 0.6 is 12.6 Å². The number of ketones is 1. The van der Waals surface area contributed by atoms with Crippen LogP contribution in [0.5, 0.6) is 0 Å². The number of carbonyl (C=O) groups is 2. The van der Waals surface area contributed by atoms with Gasteiger partial charge in [0, 0.05) is 24.0 Å². The van der Waals surface area contributed by atoms with Gasteiger partial charge in [0.25, 0.3) is 0 Å². The molecule has 0 heterocycles. The summed E-state index contributed by atoms with van der Waals surface area (Å²) < 4.78 is 0. The topological polar surface area (TPSA) is 74.6 Å². The van der Waals surface area contributed by atoms with Gasteiger partial charge in [-0.05, 0) is 31.6 Å². The summed E-state index contributed by atoms with van der Waals surface area (Å²) in [7, 11) is 0. The Morgan fingerprint density at radius 1 is 1.32 bits per heavy atom. The Morgan fingerprint density at radius 3 is 2.76 bits per heavy atom. The number of allylic oxidation sites excluding steroid dienone is 3. The molecule has 142 valence electrons. The van der Waals surface area contributed by atoms with Gasteiger partial charge in [0.15, 0.2) is 0 Å². The number of carboxylic acid groups (broad SMARTS) is 1. The SMILES string of the molecule is CCCCC[C@H](O)/C=C/[C@H]1[C@H](S)CC(=O)[C@@H]1C/C=C\CCCC(=O)O. The van der Waals surface area contributed by atoms with E-state index in [1.807, 2.05) is 24.3 Å². The van der Waals surface area contributed by atoms with E-state index < -0.39 is 12.1 Å². The lowest BCUT2D eigenvalue weighted by Crippen LogP contribution is -2.16. The van der Waals surface area contributed by atoms with E-state index in [9.17, 15) is 14.7 Å². The lowest BCUT2D eigenvalue weighted by atomic mass is 9.91. The maximum Gasteiger partial charge on any atom is 0.303 e. The van der Waals surface area contributed by atoms with E-state index in [2.05, 4.69) is 19.6 Å². The Morgan fingerprint density at radius 2 is 2.08 bits per heavy atom. The highest BCUT2D eigenvalue weighted by atomic mass is 32.1. The molecule has 1 saturated carbocycles. The third kappa shape index (κ3) is 8.73. The van der Waals surface area contributed by atoms with Crippen molar-refractivity contribution >= 4 is 24.4 Å². The summed E-state index contributed by atoms with van der Waals surface area (Å²) in [6.07, 6.45) is 14.0. The Hall–Kier alpha value is -1.07. The number of carboxylic acids is 1. The molecule has 0 aliphatic heterocycles. The Balaban J connectivity index is 2.48. The van der Waals surface area contributed by atoms with Crippen LogP contribution in [0.2, 0.25) is 0 Å². The summed E-state index contributed by atoms with van der Waals surface area (Å²) in [4.78, 5) is 22.7. The fourth-order valence-corrected chi connectivity index (χ4v) is 3.70. The van der Waals surface area contributed by atoms with Crippen molar-refractivity contribution in [2.24, 2.45) is 11.8 Å². The second kappa shape index (κ2) is 12.3. The normalized spacial score (nSPS) is 25.2. The molecule has 25 heavy (non-hydrogen) atoms. The van der Waals surface area contributed by atoms with Gasteiger partial charge in [-0.15, -0.1) is 0 Å². The molecule has 0 amide bonds. The molecule has 0 radical (unpaired) electrons. The second-order valence-corrected chi connectivity index (χ2v) is 7.53. The second-order valence-electron chi connectivity index (χ2n) is 6.86. The summed E-state index contributed by atoms with van der Waals surface area (Å²) in [6, 6.07) is 0. The van der Waals surface area contributed by atoms with Gasteiger partial charge in [-0.2, -0.15) is 12.6 Å². The number of unbranched alkanes of at least 4 members (excludes halogenated alkanes) is 3. The van der Waals surface area contributed by atoms with E-state index in [0.717, 1.165) is 25.7 Å². The van der Waals surface area contributed by atoms with Crippen LogP contribution in [0, 0.1) is 11.8 Å². The van der Waals surface area contributed by atoms with E-state index in [4.69, 9.17) is 5.11 Å². The average molecular weight is 369 g/mol. The van der Waals surface area contributed by atoms with Crippen molar-refractivity contribution in [1.29, 1.82) is 0 Å². The molecule has 2 N–H and O–H groups in total. The van der Waals surface area contributed by atoms with Gasteiger partial charge < -0.3 is 10.2 Å². The van der Waals surface area contributed by atoms with Crippen molar-refractivity contribution in [2.45, 2.75) is 76.1 Å². The number of hydrogen-bond donors (Lipinski definition) is 3. The summed E-state index contributed by atoms with van der Waals surface area (Å²) in [5.74, 6) is -0.581. The van der Waals surface area contributed by atoms with Gasteiger partial charge in [-0.25, -0.2) is 0 Å². The molecule has 1 fully saturated rings. The first-order valence-electron chi connectivity index (χ1n) is 9.39. The van der Waals surface area contributed by atoms with Gasteiger partial charge >= 0.3 is 5.97 Å². The summed E-state index contributed by atoms with van der Waals surface area (Å²) in [5, 5.41) is 18.7. The molecule has 0 unspecified atom stereocenters. The molecule has 0 aromatic heterocycles. The highest BCUT2D eigenvalue weighted by Crippen LogP contribution is 2.36. The highest BCUT2D eigenvalue weighted by Gasteiger charge is 2.38. The number of thiol groups is 1. The highest BCUT2D eigenvalue weighted by molar-refractivity contribution is 7.81. The number of rotatable bonds is 12. The number of carbonyl (C=O) groups excluding carboxylic acids is 1. The first-order valence-corrected chi connectivity index (χ1v) is 9.91. The minimum Gasteiger partial charge on any atom is -0.481 e. The number of aliphatic carboxylic acids is 1. The van der Waals surface area contributed by atoms with Crippen LogP contribution in [0.15, 0.2) is 24.3 Å². The van der Waals surface area contributed by atoms with Crippen LogP contribution in [-0.4, -0.2) is 33.3 Å². The zero-order chi connectivity index (χ0) is 18.7. The minimum absolute atomic E-state index is 0.0111.